The van der Waals surface area contributed by atoms with Crippen molar-refractivity contribution in [3.05, 3.63) is 46.1 Å². The van der Waals surface area contributed by atoms with Crippen molar-refractivity contribution in [2.75, 3.05) is 25.6 Å². The molecule has 0 spiro atoms. The first-order valence-corrected chi connectivity index (χ1v) is 8.20. The molecular formula is C17H16Cl2N2O5. The number of nitrogens with zero attached hydrogens (tertiary/aromatic N) is 1. The van der Waals surface area contributed by atoms with Gasteiger partial charge in [-0.3, -0.25) is 4.79 Å². The molecule has 138 valence electrons. The SMILES string of the molecule is COc1ccccc1OCC(=O)OCC(=O)Nc1nc(C)c(Cl)cc1Cl. The van der Waals surface area contributed by atoms with E-state index in [0.29, 0.717) is 22.2 Å². The molecular weight excluding hydrogens is 383 g/mol. The van der Waals surface area contributed by atoms with Crippen LogP contribution in [0.15, 0.2) is 30.3 Å². The zero-order chi connectivity index (χ0) is 19.1. The lowest BCUT2D eigenvalue weighted by Crippen LogP contribution is -2.24. The molecule has 0 fully saturated rings. The summed E-state index contributed by atoms with van der Waals surface area (Å²) >= 11 is 11.8. The number of methoxy groups -OCH3 is 1. The number of anilines is 1. The number of carbonyl (C=O) groups excluding carboxylic acids is 2. The van der Waals surface area contributed by atoms with Gasteiger partial charge in [-0.05, 0) is 25.1 Å². The highest BCUT2D eigenvalue weighted by Gasteiger charge is 2.13. The Kier molecular flexibility index (Phi) is 7.06. The third-order valence-corrected chi connectivity index (χ3v) is 3.81. The van der Waals surface area contributed by atoms with E-state index in [1.807, 2.05) is 0 Å². The van der Waals surface area contributed by atoms with Crippen LogP contribution in [0.3, 0.4) is 0 Å². The van der Waals surface area contributed by atoms with E-state index in [2.05, 4.69) is 10.3 Å². The molecule has 0 saturated heterocycles. The molecule has 2 aromatic rings. The molecule has 0 aliphatic rings. The Balaban J connectivity index is 1.82. The second-order valence-corrected chi connectivity index (χ2v) is 5.85. The average Bonchev–Trinajstić information content (AvgIpc) is 2.63. The minimum atomic E-state index is -0.711. The zero-order valence-electron chi connectivity index (χ0n) is 14.0. The monoisotopic (exact) mass is 398 g/mol. The van der Waals surface area contributed by atoms with Gasteiger partial charge < -0.3 is 19.5 Å². The van der Waals surface area contributed by atoms with Gasteiger partial charge in [0.15, 0.2) is 30.5 Å². The van der Waals surface area contributed by atoms with E-state index < -0.39 is 18.5 Å². The molecule has 26 heavy (non-hydrogen) atoms. The number of carbonyl (C=O) groups is 2. The largest absolute Gasteiger partial charge is 0.493 e. The number of ether oxygens (including phenoxy) is 3. The molecule has 9 heteroatoms. The Morgan fingerprint density at radius 3 is 2.50 bits per heavy atom. The van der Waals surface area contributed by atoms with E-state index in [9.17, 15) is 9.59 Å². The second-order valence-electron chi connectivity index (χ2n) is 5.03. The van der Waals surface area contributed by atoms with Gasteiger partial charge in [0.2, 0.25) is 0 Å². The first kappa shape index (κ1) is 19.8. The van der Waals surface area contributed by atoms with Crippen molar-refractivity contribution in [1.82, 2.24) is 4.98 Å². The number of esters is 1. The Morgan fingerprint density at radius 1 is 1.12 bits per heavy atom. The van der Waals surface area contributed by atoms with E-state index in [0.717, 1.165) is 0 Å². The number of pyridine rings is 1. The number of para-hydroxylation sites is 2. The summed E-state index contributed by atoms with van der Waals surface area (Å²) in [6.07, 6.45) is 0. The number of amides is 1. The number of aromatic nitrogens is 1. The maximum atomic E-state index is 11.9. The normalized spacial score (nSPS) is 10.2. The number of nitrogens with one attached hydrogen (secondary N) is 1. The van der Waals surface area contributed by atoms with Crippen LogP contribution in [0, 0.1) is 6.92 Å². The standard InChI is InChI=1S/C17H16Cl2N2O5/c1-10-11(18)7-12(19)17(20-10)21-15(22)8-26-16(23)9-25-14-6-4-3-5-13(14)24-2/h3-7H,8-9H2,1-2H3,(H,20,21,22). The summed E-state index contributed by atoms with van der Waals surface area (Å²) in [6.45, 7) is 0.796. The topological polar surface area (TPSA) is 86.8 Å². The van der Waals surface area contributed by atoms with Crippen LogP contribution in [0.5, 0.6) is 11.5 Å². The van der Waals surface area contributed by atoms with E-state index >= 15 is 0 Å². The van der Waals surface area contributed by atoms with Gasteiger partial charge in [-0.15, -0.1) is 0 Å². The molecule has 1 N–H and O–H groups in total. The van der Waals surface area contributed by atoms with Gasteiger partial charge >= 0.3 is 5.97 Å². The molecule has 7 nitrogen and oxygen atoms in total. The molecule has 0 aliphatic heterocycles. The number of aryl methyl sites for hydroxylation is 1. The quantitative estimate of drug-likeness (QED) is 0.720. The Bertz CT molecular complexity index is 814. The van der Waals surface area contributed by atoms with Gasteiger partial charge in [0, 0.05) is 0 Å². The van der Waals surface area contributed by atoms with Crippen LogP contribution in [0.4, 0.5) is 5.82 Å². The molecule has 0 atom stereocenters. The van der Waals surface area contributed by atoms with Gasteiger partial charge in [-0.2, -0.15) is 0 Å². The molecule has 0 bridgehead atoms. The van der Waals surface area contributed by atoms with E-state index in [4.69, 9.17) is 37.4 Å². The van der Waals surface area contributed by atoms with Gasteiger partial charge in [0.25, 0.3) is 5.91 Å². The Labute approximate surface area is 160 Å². The first-order chi connectivity index (χ1) is 12.4. The fourth-order valence-corrected chi connectivity index (χ4v) is 2.28. The molecule has 1 aromatic carbocycles. The van der Waals surface area contributed by atoms with Crippen molar-refractivity contribution in [3.63, 3.8) is 0 Å². The molecule has 0 radical (unpaired) electrons. The van der Waals surface area contributed by atoms with Gasteiger partial charge in [-0.1, -0.05) is 35.3 Å². The Morgan fingerprint density at radius 2 is 1.81 bits per heavy atom. The minimum absolute atomic E-state index is 0.139. The van der Waals surface area contributed by atoms with Crippen LogP contribution < -0.4 is 14.8 Å². The highest BCUT2D eigenvalue weighted by molar-refractivity contribution is 6.36. The lowest BCUT2D eigenvalue weighted by molar-refractivity contribution is -0.149. The summed E-state index contributed by atoms with van der Waals surface area (Å²) in [5.41, 5.74) is 0.508. The molecule has 1 amide bonds. The fourth-order valence-electron chi connectivity index (χ4n) is 1.88. The van der Waals surface area contributed by atoms with E-state index in [-0.39, 0.29) is 17.4 Å². The number of halogens is 2. The number of benzene rings is 1. The van der Waals surface area contributed by atoms with Gasteiger partial charge in [0.05, 0.1) is 22.8 Å². The smallest absolute Gasteiger partial charge is 0.344 e. The molecule has 0 saturated carbocycles. The third-order valence-electron chi connectivity index (χ3n) is 3.14. The van der Waals surface area contributed by atoms with Crippen molar-refractivity contribution in [3.8, 4) is 11.5 Å². The van der Waals surface area contributed by atoms with Crippen LogP contribution in [0.1, 0.15) is 5.69 Å². The predicted octanol–water partition coefficient (Wildman–Crippen LogP) is 3.27. The first-order valence-electron chi connectivity index (χ1n) is 7.44. The molecule has 1 aromatic heterocycles. The highest BCUT2D eigenvalue weighted by Crippen LogP contribution is 2.26. The summed E-state index contributed by atoms with van der Waals surface area (Å²) in [5, 5.41) is 3.01. The number of hydrogen-bond donors (Lipinski definition) is 1. The van der Waals surface area contributed by atoms with Crippen molar-refractivity contribution in [2.45, 2.75) is 6.92 Å². The Hall–Kier alpha value is -2.51. The predicted molar refractivity (Wildman–Crippen MR) is 97.1 cm³/mol. The van der Waals surface area contributed by atoms with Gasteiger partial charge in [0.1, 0.15) is 0 Å². The summed E-state index contributed by atoms with van der Waals surface area (Å²) in [4.78, 5) is 27.6. The highest BCUT2D eigenvalue weighted by atomic mass is 35.5. The van der Waals surface area contributed by atoms with E-state index in [1.54, 1.807) is 31.2 Å². The maximum absolute atomic E-state index is 11.9. The molecule has 1 heterocycles. The molecule has 0 aliphatic carbocycles. The van der Waals surface area contributed by atoms with Crippen LogP contribution in [0.2, 0.25) is 10.0 Å². The molecule has 0 unspecified atom stereocenters. The van der Waals surface area contributed by atoms with Crippen LogP contribution >= 0.6 is 23.2 Å². The lowest BCUT2D eigenvalue weighted by Gasteiger charge is -2.11. The summed E-state index contributed by atoms with van der Waals surface area (Å²) < 4.78 is 15.3. The second kappa shape index (κ2) is 9.26. The average molecular weight is 399 g/mol. The number of rotatable bonds is 7. The van der Waals surface area contributed by atoms with Gasteiger partial charge in [-0.25, -0.2) is 9.78 Å². The van der Waals surface area contributed by atoms with Crippen molar-refractivity contribution in [1.29, 1.82) is 0 Å². The lowest BCUT2D eigenvalue weighted by atomic mass is 10.3. The van der Waals surface area contributed by atoms with E-state index in [1.165, 1.54) is 13.2 Å². The maximum Gasteiger partial charge on any atom is 0.344 e. The summed E-state index contributed by atoms with van der Waals surface area (Å²) in [7, 11) is 1.49. The van der Waals surface area contributed by atoms with Crippen molar-refractivity contribution in [2.24, 2.45) is 0 Å². The van der Waals surface area contributed by atoms with Crippen molar-refractivity contribution >= 4 is 40.9 Å². The van der Waals surface area contributed by atoms with Crippen LogP contribution in [-0.2, 0) is 14.3 Å². The van der Waals surface area contributed by atoms with Crippen molar-refractivity contribution < 1.29 is 23.8 Å². The fraction of sp³-hybridized carbons (Fsp3) is 0.235. The zero-order valence-corrected chi connectivity index (χ0v) is 15.6. The third kappa shape index (κ3) is 5.50. The summed E-state index contributed by atoms with van der Waals surface area (Å²) in [5.74, 6) is -0.287. The molecule has 2 rings (SSSR count). The van der Waals surface area contributed by atoms with Crippen LogP contribution in [-0.4, -0.2) is 37.2 Å². The number of hydrogen-bond acceptors (Lipinski definition) is 6. The summed E-state index contributed by atoms with van der Waals surface area (Å²) in [6, 6.07) is 8.32. The van der Waals surface area contributed by atoms with Crippen LogP contribution in [0.25, 0.3) is 0 Å². The minimum Gasteiger partial charge on any atom is -0.493 e.